The molecule has 7 aromatic carbocycles. The van der Waals surface area contributed by atoms with Gasteiger partial charge in [0.05, 0.1) is 28.1 Å². The summed E-state index contributed by atoms with van der Waals surface area (Å²) in [4.78, 5) is 2.54. The molecule has 0 fully saturated rings. The summed E-state index contributed by atoms with van der Waals surface area (Å²) in [5, 5.41) is 5.02. The molecular weight excluding hydrogens is 619 g/mol. The molecule has 1 aliphatic heterocycles. The quantitative estimate of drug-likeness (QED) is 0.185. The molecule has 51 heavy (non-hydrogen) atoms. The van der Waals surface area contributed by atoms with Crippen molar-refractivity contribution in [2.24, 2.45) is 0 Å². The first-order chi connectivity index (χ1) is 25.3. The van der Waals surface area contributed by atoms with E-state index in [0.29, 0.717) is 5.92 Å². The Morgan fingerprint density at radius 1 is 0.373 bits per heavy atom. The molecule has 2 atom stereocenters. The van der Waals surface area contributed by atoms with Gasteiger partial charge in [-0.3, -0.25) is 0 Å². The molecule has 0 bridgehead atoms. The lowest BCUT2D eigenvalue weighted by Crippen LogP contribution is -2.28. The Hall–Kier alpha value is -6.58. The molecule has 0 N–H and O–H groups in total. The van der Waals surface area contributed by atoms with Gasteiger partial charge in [-0.05, 0) is 83.4 Å². The Morgan fingerprint density at radius 2 is 0.902 bits per heavy atom. The van der Waals surface area contributed by atoms with Crippen molar-refractivity contribution < 1.29 is 0 Å². The summed E-state index contributed by atoms with van der Waals surface area (Å²) in [7, 11) is 0. The van der Waals surface area contributed by atoms with Crippen molar-refractivity contribution in [3.8, 4) is 22.5 Å². The molecule has 0 saturated carbocycles. The summed E-state index contributed by atoms with van der Waals surface area (Å²) < 4.78 is 4.86. The van der Waals surface area contributed by atoms with Crippen LogP contribution in [-0.2, 0) is 0 Å². The second-order valence-corrected chi connectivity index (χ2v) is 13.7. The number of hydrogen-bond donors (Lipinski definition) is 0. The van der Waals surface area contributed by atoms with E-state index in [4.69, 9.17) is 0 Å². The van der Waals surface area contributed by atoms with Crippen LogP contribution < -0.4 is 4.90 Å². The van der Waals surface area contributed by atoms with Crippen molar-refractivity contribution in [1.82, 2.24) is 9.13 Å². The molecule has 11 rings (SSSR count). The second-order valence-electron chi connectivity index (χ2n) is 13.7. The fraction of sp³-hybridized carbons (Fsp3) is 0.0417. The van der Waals surface area contributed by atoms with Crippen LogP contribution in [0.2, 0.25) is 0 Å². The number of anilines is 2. The summed E-state index contributed by atoms with van der Waals surface area (Å²) >= 11 is 0. The zero-order chi connectivity index (χ0) is 33.5. The van der Waals surface area contributed by atoms with E-state index >= 15 is 0 Å². The van der Waals surface area contributed by atoms with Gasteiger partial charge in [-0.15, -0.1) is 0 Å². The van der Waals surface area contributed by atoms with Crippen molar-refractivity contribution in [1.29, 1.82) is 0 Å². The third-order valence-corrected chi connectivity index (χ3v) is 11.0. The third-order valence-electron chi connectivity index (χ3n) is 11.0. The molecule has 2 unspecified atom stereocenters. The van der Waals surface area contributed by atoms with E-state index in [-0.39, 0.29) is 6.04 Å². The zero-order valence-electron chi connectivity index (χ0n) is 27.9. The lowest BCUT2D eigenvalue weighted by atomic mass is 9.91. The van der Waals surface area contributed by atoms with Crippen LogP contribution in [0.25, 0.3) is 66.1 Å². The summed E-state index contributed by atoms with van der Waals surface area (Å²) in [5.74, 6) is 0.341. The molecular formula is C48H33N3. The van der Waals surface area contributed by atoms with E-state index in [2.05, 4.69) is 202 Å². The van der Waals surface area contributed by atoms with Crippen molar-refractivity contribution >= 4 is 55.0 Å². The van der Waals surface area contributed by atoms with Crippen LogP contribution in [0.15, 0.2) is 188 Å². The van der Waals surface area contributed by atoms with Crippen LogP contribution in [0, 0.1) is 0 Å². The summed E-state index contributed by atoms with van der Waals surface area (Å²) in [6.07, 6.45) is 9.09. The topological polar surface area (TPSA) is 13.1 Å². The van der Waals surface area contributed by atoms with Crippen LogP contribution in [0.1, 0.15) is 11.5 Å². The van der Waals surface area contributed by atoms with Crippen LogP contribution in [0.3, 0.4) is 0 Å². The molecule has 2 aromatic heterocycles. The fourth-order valence-electron chi connectivity index (χ4n) is 8.79. The molecule has 0 saturated heterocycles. The first-order valence-corrected chi connectivity index (χ1v) is 17.8. The molecule has 240 valence electrons. The maximum absolute atomic E-state index is 2.54. The van der Waals surface area contributed by atoms with Gasteiger partial charge in [-0.2, -0.15) is 0 Å². The predicted molar refractivity (Wildman–Crippen MR) is 214 cm³/mol. The van der Waals surface area contributed by atoms with Gasteiger partial charge in [0.15, 0.2) is 0 Å². The van der Waals surface area contributed by atoms with E-state index in [1.807, 2.05) is 0 Å². The standard InChI is InChI=1S/C48H33N3/c1-2-12-32(13-3-1)33-22-24-34(25-23-33)49-47-28-26-35(50-43-18-8-4-14-37(43)38-15-5-9-19-44(38)50)30-41(47)42-31-36(27-29-48(42)49)51-45-20-10-6-16-39(45)40-17-7-11-21-46(40)51/h1-31,37,43H. The minimum absolute atomic E-state index is 0.247. The molecule has 2 aliphatic rings. The highest BCUT2D eigenvalue weighted by Gasteiger charge is 2.37. The summed E-state index contributed by atoms with van der Waals surface area (Å²) in [5.41, 5.74) is 13.5. The maximum Gasteiger partial charge on any atom is 0.0629 e. The largest absolute Gasteiger partial charge is 0.333 e. The number of fused-ring (bicyclic) bond motifs is 9. The first kappa shape index (κ1) is 28.3. The molecule has 3 nitrogen and oxygen atoms in total. The van der Waals surface area contributed by atoms with Crippen LogP contribution >= 0.6 is 0 Å². The molecule has 9 aromatic rings. The Balaban J connectivity index is 1.15. The Kier molecular flexibility index (Phi) is 6.08. The average Bonchev–Trinajstić information content (AvgIpc) is 3.83. The van der Waals surface area contributed by atoms with Gasteiger partial charge in [-0.1, -0.05) is 121 Å². The van der Waals surface area contributed by atoms with E-state index < -0.39 is 0 Å². The van der Waals surface area contributed by atoms with E-state index in [1.54, 1.807) is 0 Å². The Labute approximate surface area is 296 Å². The van der Waals surface area contributed by atoms with E-state index in [9.17, 15) is 0 Å². The van der Waals surface area contributed by atoms with Gasteiger partial charge in [0, 0.05) is 50.2 Å². The molecule has 1 aliphatic carbocycles. The molecule has 0 radical (unpaired) electrons. The van der Waals surface area contributed by atoms with Crippen molar-refractivity contribution in [3.63, 3.8) is 0 Å². The van der Waals surface area contributed by atoms with Crippen LogP contribution in [0.5, 0.6) is 0 Å². The lowest BCUT2D eigenvalue weighted by molar-refractivity contribution is 0.745. The van der Waals surface area contributed by atoms with Gasteiger partial charge in [0.2, 0.25) is 0 Å². The predicted octanol–water partition coefficient (Wildman–Crippen LogP) is 12.3. The number of aromatic nitrogens is 2. The van der Waals surface area contributed by atoms with Crippen molar-refractivity contribution in [2.75, 3.05) is 4.90 Å². The highest BCUT2D eigenvalue weighted by Crippen LogP contribution is 2.48. The molecule has 0 amide bonds. The van der Waals surface area contributed by atoms with Crippen LogP contribution in [0.4, 0.5) is 11.4 Å². The third kappa shape index (κ3) is 4.18. The van der Waals surface area contributed by atoms with E-state index in [0.717, 1.165) is 11.4 Å². The average molecular weight is 652 g/mol. The highest BCUT2D eigenvalue weighted by atomic mass is 15.2. The fourth-order valence-corrected chi connectivity index (χ4v) is 8.79. The molecule has 3 heteroatoms. The number of rotatable bonds is 4. The number of nitrogens with zero attached hydrogens (tertiary/aromatic N) is 3. The molecule has 0 spiro atoms. The van der Waals surface area contributed by atoms with Gasteiger partial charge in [0.25, 0.3) is 0 Å². The maximum atomic E-state index is 2.54. The van der Waals surface area contributed by atoms with Crippen molar-refractivity contribution in [2.45, 2.75) is 12.0 Å². The highest BCUT2D eigenvalue weighted by molar-refractivity contribution is 6.13. The van der Waals surface area contributed by atoms with Crippen LogP contribution in [-0.4, -0.2) is 15.2 Å². The number of para-hydroxylation sites is 3. The van der Waals surface area contributed by atoms with Gasteiger partial charge in [-0.25, -0.2) is 0 Å². The lowest BCUT2D eigenvalue weighted by Gasteiger charge is -2.28. The van der Waals surface area contributed by atoms with Gasteiger partial charge >= 0.3 is 0 Å². The summed E-state index contributed by atoms with van der Waals surface area (Å²) in [6, 6.07) is 60.3. The second kappa shape index (κ2) is 11.0. The smallest absolute Gasteiger partial charge is 0.0629 e. The number of hydrogen-bond acceptors (Lipinski definition) is 1. The van der Waals surface area contributed by atoms with Crippen molar-refractivity contribution in [3.05, 3.63) is 194 Å². The minimum Gasteiger partial charge on any atom is -0.333 e. The number of benzene rings is 7. The Bertz CT molecular complexity index is 2810. The minimum atomic E-state index is 0.247. The Morgan fingerprint density at radius 3 is 1.65 bits per heavy atom. The molecule has 3 heterocycles. The van der Waals surface area contributed by atoms with Gasteiger partial charge < -0.3 is 14.0 Å². The normalized spacial score (nSPS) is 16.4. The monoisotopic (exact) mass is 651 g/mol. The van der Waals surface area contributed by atoms with E-state index in [1.165, 1.54) is 71.7 Å². The zero-order valence-corrected chi connectivity index (χ0v) is 27.9. The number of allylic oxidation sites excluding steroid dienone is 2. The SMILES string of the molecule is C1=CC2c3ccccc3N(c3ccc4c(c3)c3cc(-n5c6ccccc6c6ccccc65)ccc3n4-c3ccc(-c4ccccc4)cc3)C2C=C1. The van der Waals surface area contributed by atoms with Gasteiger partial charge in [0.1, 0.15) is 0 Å². The summed E-state index contributed by atoms with van der Waals surface area (Å²) in [6.45, 7) is 0. The first-order valence-electron chi connectivity index (χ1n) is 17.8.